The normalized spacial score (nSPS) is 15.9. The summed E-state index contributed by atoms with van der Waals surface area (Å²) in [6, 6.07) is 14.2. The number of carbonyl (C=O) groups excluding carboxylic acids is 1. The number of para-hydroxylation sites is 2. The molecule has 0 aliphatic carbocycles. The van der Waals surface area contributed by atoms with Gasteiger partial charge in [-0.25, -0.2) is 4.79 Å². The molecule has 2 N–H and O–H groups in total. The van der Waals surface area contributed by atoms with Crippen LogP contribution in [0.1, 0.15) is 5.56 Å². The molecule has 4 rings (SSSR count). The Morgan fingerprint density at radius 1 is 1.15 bits per heavy atom. The fourth-order valence-corrected chi connectivity index (χ4v) is 3.18. The molecular formula is C19H17N3O4. The molecule has 1 aliphatic rings. The topological polar surface area (TPSA) is 93.2 Å². The summed E-state index contributed by atoms with van der Waals surface area (Å²) in [4.78, 5) is 39.6. The van der Waals surface area contributed by atoms with Gasteiger partial charge in [0.05, 0.1) is 16.9 Å². The number of H-pyrrole nitrogens is 1. The van der Waals surface area contributed by atoms with Crippen molar-refractivity contribution >= 4 is 16.8 Å². The van der Waals surface area contributed by atoms with Crippen LogP contribution in [0.15, 0.2) is 58.1 Å². The van der Waals surface area contributed by atoms with Crippen LogP contribution in [-0.4, -0.2) is 28.1 Å². The summed E-state index contributed by atoms with van der Waals surface area (Å²) in [5, 5.41) is 3.20. The monoisotopic (exact) mass is 351 g/mol. The summed E-state index contributed by atoms with van der Waals surface area (Å²) in [5.41, 5.74) is 0.389. The first-order valence-electron chi connectivity index (χ1n) is 8.34. The first-order valence-corrected chi connectivity index (χ1v) is 8.34. The molecule has 1 aromatic heterocycles. The van der Waals surface area contributed by atoms with Crippen molar-refractivity contribution in [3.63, 3.8) is 0 Å². The molecule has 132 valence electrons. The SMILES string of the molecule is O=C(Cn1c(=O)[nH]c2ccccc2c1=O)N[C@H]1COc2ccccc2C1. The average molecular weight is 351 g/mol. The van der Waals surface area contributed by atoms with Crippen LogP contribution in [0.5, 0.6) is 5.75 Å². The number of nitrogens with zero attached hydrogens (tertiary/aromatic N) is 1. The van der Waals surface area contributed by atoms with Crippen molar-refractivity contribution in [3.8, 4) is 5.75 Å². The third-order valence-electron chi connectivity index (χ3n) is 4.44. The number of aromatic nitrogens is 2. The third kappa shape index (κ3) is 2.99. The Hall–Kier alpha value is -3.35. The van der Waals surface area contributed by atoms with Crippen LogP contribution in [0.3, 0.4) is 0 Å². The van der Waals surface area contributed by atoms with E-state index >= 15 is 0 Å². The van der Waals surface area contributed by atoms with Crippen molar-refractivity contribution in [3.05, 3.63) is 74.9 Å². The highest BCUT2D eigenvalue weighted by molar-refractivity contribution is 5.79. The Balaban J connectivity index is 1.52. The van der Waals surface area contributed by atoms with Crippen LogP contribution >= 0.6 is 0 Å². The molecule has 1 atom stereocenters. The Morgan fingerprint density at radius 3 is 2.81 bits per heavy atom. The molecule has 7 nitrogen and oxygen atoms in total. The van der Waals surface area contributed by atoms with E-state index < -0.39 is 17.2 Å². The van der Waals surface area contributed by atoms with E-state index in [1.54, 1.807) is 24.3 Å². The molecule has 26 heavy (non-hydrogen) atoms. The molecule has 1 amide bonds. The second kappa shape index (κ2) is 6.51. The molecule has 7 heteroatoms. The van der Waals surface area contributed by atoms with Gasteiger partial charge < -0.3 is 15.0 Å². The molecule has 1 aliphatic heterocycles. The van der Waals surface area contributed by atoms with Crippen molar-refractivity contribution in [2.75, 3.05) is 6.61 Å². The first-order chi connectivity index (χ1) is 12.6. The van der Waals surface area contributed by atoms with Gasteiger partial charge in [0.1, 0.15) is 18.9 Å². The van der Waals surface area contributed by atoms with Gasteiger partial charge in [0.15, 0.2) is 0 Å². The number of hydrogen-bond acceptors (Lipinski definition) is 4. The summed E-state index contributed by atoms with van der Waals surface area (Å²) < 4.78 is 6.55. The Bertz CT molecular complexity index is 1100. The summed E-state index contributed by atoms with van der Waals surface area (Å²) in [7, 11) is 0. The lowest BCUT2D eigenvalue weighted by Crippen LogP contribution is -2.47. The minimum absolute atomic E-state index is 0.201. The van der Waals surface area contributed by atoms with Crippen molar-refractivity contribution in [1.82, 2.24) is 14.9 Å². The van der Waals surface area contributed by atoms with E-state index in [0.717, 1.165) is 15.9 Å². The van der Waals surface area contributed by atoms with Gasteiger partial charge in [0.2, 0.25) is 5.91 Å². The van der Waals surface area contributed by atoms with Crippen LogP contribution in [0.25, 0.3) is 10.9 Å². The maximum Gasteiger partial charge on any atom is 0.329 e. The van der Waals surface area contributed by atoms with E-state index in [1.807, 2.05) is 24.3 Å². The van der Waals surface area contributed by atoms with E-state index in [9.17, 15) is 14.4 Å². The standard InChI is InChI=1S/C19H17N3O4/c23-17(20-13-9-12-5-1-4-8-16(12)26-11-13)10-22-18(24)14-6-2-3-7-15(14)21-19(22)25/h1-8,13H,9-11H2,(H,20,23)(H,21,25)/t13-/m1/s1. The molecule has 0 bridgehead atoms. The quantitative estimate of drug-likeness (QED) is 0.730. The van der Waals surface area contributed by atoms with Crippen LogP contribution in [0.4, 0.5) is 0 Å². The summed E-state index contributed by atoms with van der Waals surface area (Å²) >= 11 is 0. The fourth-order valence-electron chi connectivity index (χ4n) is 3.18. The van der Waals surface area contributed by atoms with Gasteiger partial charge in [-0.2, -0.15) is 0 Å². The molecule has 0 radical (unpaired) electrons. The van der Waals surface area contributed by atoms with Gasteiger partial charge in [-0.3, -0.25) is 14.2 Å². The number of nitrogens with one attached hydrogen (secondary N) is 2. The highest BCUT2D eigenvalue weighted by atomic mass is 16.5. The van der Waals surface area contributed by atoms with Crippen molar-refractivity contribution in [2.24, 2.45) is 0 Å². The molecule has 3 aromatic rings. The molecule has 0 fully saturated rings. The second-order valence-corrected chi connectivity index (χ2v) is 6.25. The number of aromatic amines is 1. The zero-order valence-electron chi connectivity index (χ0n) is 13.9. The number of fused-ring (bicyclic) bond motifs is 2. The van der Waals surface area contributed by atoms with Crippen molar-refractivity contribution in [1.29, 1.82) is 0 Å². The lowest BCUT2D eigenvalue weighted by molar-refractivity contribution is -0.122. The zero-order chi connectivity index (χ0) is 18.1. The van der Waals surface area contributed by atoms with Crippen molar-refractivity contribution < 1.29 is 9.53 Å². The largest absolute Gasteiger partial charge is 0.491 e. The van der Waals surface area contributed by atoms with Gasteiger partial charge in [-0.05, 0) is 30.2 Å². The summed E-state index contributed by atoms with van der Waals surface area (Å²) in [6.45, 7) is 0.0167. The smallest absolute Gasteiger partial charge is 0.329 e. The van der Waals surface area contributed by atoms with Gasteiger partial charge in [-0.15, -0.1) is 0 Å². The molecular weight excluding hydrogens is 334 g/mol. The number of ether oxygens (including phenoxy) is 1. The molecule has 0 saturated carbocycles. The molecule has 0 saturated heterocycles. The predicted molar refractivity (Wildman–Crippen MR) is 96.4 cm³/mol. The highest BCUT2D eigenvalue weighted by Gasteiger charge is 2.21. The average Bonchev–Trinajstić information content (AvgIpc) is 2.65. The molecule has 2 heterocycles. The van der Waals surface area contributed by atoms with Crippen LogP contribution in [-0.2, 0) is 17.8 Å². The maximum atomic E-state index is 12.5. The Morgan fingerprint density at radius 2 is 1.92 bits per heavy atom. The van der Waals surface area contributed by atoms with E-state index in [-0.39, 0.29) is 12.6 Å². The summed E-state index contributed by atoms with van der Waals surface area (Å²) in [5.74, 6) is 0.418. The number of carbonyl (C=O) groups is 1. The molecule has 0 spiro atoms. The van der Waals surface area contributed by atoms with Crippen LogP contribution < -0.4 is 21.3 Å². The lowest BCUT2D eigenvalue weighted by atomic mass is 10.0. The predicted octanol–water partition coefficient (Wildman–Crippen LogP) is 0.810. The minimum atomic E-state index is -0.603. The van der Waals surface area contributed by atoms with E-state index in [2.05, 4.69) is 10.3 Å². The maximum absolute atomic E-state index is 12.5. The Labute approximate surface area is 148 Å². The first kappa shape index (κ1) is 16.1. The minimum Gasteiger partial charge on any atom is -0.491 e. The number of benzene rings is 2. The second-order valence-electron chi connectivity index (χ2n) is 6.25. The van der Waals surface area contributed by atoms with Crippen molar-refractivity contribution in [2.45, 2.75) is 19.0 Å². The van der Waals surface area contributed by atoms with Crippen LogP contribution in [0, 0.1) is 0 Å². The van der Waals surface area contributed by atoms with E-state index in [0.29, 0.717) is 23.9 Å². The van der Waals surface area contributed by atoms with Gasteiger partial charge in [0.25, 0.3) is 5.56 Å². The zero-order valence-corrected chi connectivity index (χ0v) is 13.9. The molecule has 0 unspecified atom stereocenters. The number of rotatable bonds is 3. The van der Waals surface area contributed by atoms with Gasteiger partial charge in [0, 0.05) is 0 Å². The lowest BCUT2D eigenvalue weighted by Gasteiger charge is -2.26. The number of amides is 1. The third-order valence-corrected chi connectivity index (χ3v) is 4.44. The highest BCUT2D eigenvalue weighted by Crippen LogP contribution is 2.23. The summed E-state index contributed by atoms with van der Waals surface area (Å²) in [6.07, 6.45) is 0.644. The van der Waals surface area contributed by atoms with E-state index in [1.165, 1.54) is 0 Å². The van der Waals surface area contributed by atoms with Crippen LogP contribution in [0.2, 0.25) is 0 Å². The molecule has 2 aromatic carbocycles. The van der Waals surface area contributed by atoms with Gasteiger partial charge in [-0.1, -0.05) is 30.3 Å². The van der Waals surface area contributed by atoms with Gasteiger partial charge >= 0.3 is 5.69 Å². The number of hydrogen-bond donors (Lipinski definition) is 2. The van der Waals surface area contributed by atoms with E-state index in [4.69, 9.17) is 4.74 Å². The Kier molecular flexibility index (Phi) is 4.04. The fraction of sp³-hybridized carbons (Fsp3) is 0.211.